The minimum Gasteiger partial charge on any atom is -0.481 e. The summed E-state index contributed by atoms with van der Waals surface area (Å²) in [6, 6.07) is -0.174. The molecule has 0 bridgehead atoms. The Morgan fingerprint density at radius 2 is 2.06 bits per heavy atom. The SMILES string of the molecule is CCOCCCNC(=O)N(C)CCCC(=O)O. The van der Waals surface area contributed by atoms with E-state index in [1.54, 1.807) is 7.05 Å². The third-order valence-corrected chi connectivity index (χ3v) is 2.18. The van der Waals surface area contributed by atoms with Crippen molar-refractivity contribution in [1.82, 2.24) is 10.2 Å². The molecule has 0 heterocycles. The molecule has 0 fully saturated rings. The van der Waals surface area contributed by atoms with Gasteiger partial charge in [-0.1, -0.05) is 0 Å². The highest BCUT2D eigenvalue weighted by Crippen LogP contribution is 1.93. The van der Waals surface area contributed by atoms with Gasteiger partial charge in [-0.25, -0.2) is 4.79 Å². The standard InChI is InChI=1S/C11H22N2O4/c1-3-17-9-5-7-12-11(16)13(2)8-4-6-10(14)15/h3-9H2,1-2H3,(H,12,16)(H,14,15). The van der Waals surface area contributed by atoms with Gasteiger partial charge in [-0.05, 0) is 19.8 Å². The van der Waals surface area contributed by atoms with Gasteiger partial charge in [0.15, 0.2) is 0 Å². The van der Waals surface area contributed by atoms with Crippen LogP contribution < -0.4 is 5.32 Å². The van der Waals surface area contributed by atoms with E-state index in [2.05, 4.69) is 5.32 Å². The molecule has 2 N–H and O–H groups in total. The zero-order chi connectivity index (χ0) is 13.1. The molecule has 2 amide bonds. The summed E-state index contributed by atoms with van der Waals surface area (Å²) in [6.45, 7) is 4.27. The lowest BCUT2D eigenvalue weighted by molar-refractivity contribution is -0.137. The number of rotatable bonds is 9. The second kappa shape index (κ2) is 9.89. The van der Waals surface area contributed by atoms with Gasteiger partial charge in [-0.15, -0.1) is 0 Å². The van der Waals surface area contributed by atoms with Crippen LogP contribution >= 0.6 is 0 Å². The van der Waals surface area contributed by atoms with Crippen LogP contribution in [0.5, 0.6) is 0 Å². The summed E-state index contributed by atoms with van der Waals surface area (Å²) >= 11 is 0. The number of urea groups is 1. The number of hydrogen-bond donors (Lipinski definition) is 2. The lowest BCUT2D eigenvalue weighted by Crippen LogP contribution is -2.38. The Hall–Kier alpha value is -1.30. The number of carboxylic acids is 1. The van der Waals surface area contributed by atoms with Crippen LogP contribution in [0.4, 0.5) is 4.79 Å². The largest absolute Gasteiger partial charge is 0.481 e. The second-order valence-corrected chi connectivity index (χ2v) is 3.70. The molecule has 0 radical (unpaired) electrons. The van der Waals surface area contributed by atoms with Gasteiger partial charge < -0.3 is 20.1 Å². The van der Waals surface area contributed by atoms with E-state index in [-0.39, 0.29) is 12.5 Å². The Labute approximate surface area is 102 Å². The Morgan fingerprint density at radius 3 is 2.65 bits per heavy atom. The number of hydrogen-bond acceptors (Lipinski definition) is 3. The maximum atomic E-state index is 11.5. The minimum absolute atomic E-state index is 0.0853. The van der Waals surface area contributed by atoms with E-state index in [9.17, 15) is 9.59 Å². The zero-order valence-corrected chi connectivity index (χ0v) is 10.6. The molecule has 0 aliphatic carbocycles. The van der Waals surface area contributed by atoms with Crippen molar-refractivity contribution in [1.29, 1.82) is 0 Å². The molecule has 0 aromatic heterocycles. The Kier molecular flexibility index (Phi) is 9.14. The maximum absolute atomic E-state index is 11.5. The number of nitrogens with zero attached hydrogens (tertiary/aromatic N) is 1. The van der Waals surface area contributed by atoms with Crippen LogP contribution in [-0.2, 0) is 9.53 Å². The highest BCUT2D eigenvalue weighted by atomic mass is 16.5. The van der Waals surface area contributed by atoms with Crippen molar-refractivity contribution in [3.05, 3.63) is 0 Å². The molecule has 6 nitrogen and oxygen atoms in total. The number of amides is 2. The van der Waals surface area contributed by atoms with Crippen LogP contribution in [0.25, 0.3) is 0 Å². The number of carboxylic acid groups (broad SMARTS) is 1. The first kappa shape index (κ1) is 15.7. The van der Waals surface area contributed by atoms with E-state index in [4.69, 9.17) is 9.84 Å². The Balaban J connectivity index is 3.50. The van der Waals surface area contributed by atoms with Crippen molar-refractivity contribution in [2.75, 3.05) is 33.4 Å². The molecule has 0 atom stereocenters. The van der Waals surface area contributed by atoms with E-state index < -0.39 is 5.97 Å². The average molecular weight is 246 g/mol. The molecule has 0 saturated carbocycles. The highest BCUT2D eigenvalue weighted by Gasteiger charge is 2.07. The summed E-state index contributed by atoms with van der Waals surface area (Å²) in [6.07, 6.45) is 1.34. The topological polar surface area (TPSA) is 78.9 Å². The van der Waals surface area contributed by atoms with E-state index in [1.165, 1.54) is 4.90 Å². The molecule has 6 heteroatoms. The predicted molar refractivity (Wildman–Crippen MR) is 64.0 cm³/mol. The van der Waals surface area contributed by atoms with Gasteiger partial charge in [-0.2, -0.15) is 0 Å². The van der Waals surface area contributed by atoms with E-state index >= 15 is 0 Å². The number of aliphatic carboxylic acids is 1. The van der Waals surface area contributed by atoms with Crippen molar-refractivity contribution in [3.63, 3.8) is 0 Å². The third-order valence-electron chi connectivity index (χ3n) is 2.18. The van der Waals surface area contributed by atoms with Gasteiger partial charge in [0, 0.05) is 39.8 Å². The fourth-order valence-electron chi connectivity index (χ4n) is 1.22. The number of nitrogens with one attached hydrogen (secondary N) is 1. The van der Waals surface area contributed by atoms with E-state index in [0.29, 0.717) is 32.7 Å². The first-order chi connectivity index (χ1) is 8.07. The van der Waals surface area contributed by atoms with E-state index in [0.717, 1.165) is 6.42 Å². The summed E-state index contributed by atoms with van der Waals surface area (Å²) in [5.41, 5.74) is 0. The Morgan fingerprint density at radius 1 is 1.35 bits per heavy atom. The summed E-state index contributed by atoms with van der Waals surface area (Å²) in [7, 11) is 1.65. The highest BCUT2D eigenvalue weighted by molar-refractivity contribution is 5.73. The minimum atomic E-state index is -0.837. The van der Waals surface area contributed by atoms with Crippen molar-refractivity contribution in [3.8, 4) is 0 Å². The Bertz CT molecular complexity index is 234. The van der Waals surface area contributed by atoms with E-state index in [1.807, 2.05) is 6.92 Å². The molecule has 0 rings (SSSR count). The van der Waals surface area contributed by atoms with Crippen LogP contribution in [0.1, 0.15) is 26.2 Å². The molecule has 0 aliphatic rings. The van der Waals surface area contributed by atoms with Crippen molar-refractivity contribution < 1.29 is 19.4 Å². The van der Waals surface area contributed by atoms with Crippen LogP contribution in [-0.4, -0.2) is 55.4 Å². The smallest absolute Gasteiger partial charge is 0.317 e. The van der Waals surface area contributed by atoms with Crippen LogP contribution in [0.3, 0.4) is 0 Å². The van der Waals surface area contributed by atoms with Crippen LogP contribution in [0.2, 0.25) is 0 Å². The average Bonchev–Trinajstić information content (AvgIpc) is 2.27. The number of ether oxygens (including phenoxy) is 1. The molecular weight excluding hydrogens is 224 g/mol. The molecule has 0 unspecified atom stereocenters. The number of carbonyl (C=O) groups is 2. The van der Waals surface area contributed by atoms with Gasteiger partial charge in [0.1, 0.15) is 0 Å². The molecule has 100 valence electrons. The quantitative estimate of drug-likeness (QED) is 0.593. The van der Waals surface area contributed by atoms with Gasteiger partial charge in [0.25, 0.3) is 0 Å². The number of carbonyl (C=O) groups excluding carboxylic acids is 1. The summed E-state index contributed by atoms with van der Waals surface area (Å²) in [5.74, 6) is -0.837. The molecule has 0 aromatic rings. The summed E-state index contributed by atoms with van der Waals surface area (Å²) in [4.78, 5) is 23.3. The zero-order valence-electron chi connectivity index (χ0n) is 10.6. The first-order valence-electron chi connectivity index (χ1n) is 5.86. The van der Waals surface area contributed by atoms with Crippen LogP contribution in [0, 0.1) is 0 Å². The molecule has 17 heavy (non-hydrogen) atoms. The molecule has 0 aromatic carbocycles. The van der Waals surface area contributed by atoms with Crippen LogP contribution in [0.15, 0.2) is 0 Å². The molecule has 0 aliphatic heterocycles. The van der Waals surface area contributed by atoms with Crippen molar-refractivity contribution >= 4 is 12.0 Å². The van der Waals surface area contributed by atoms with Crippen molar-refractivity contribution in [2.24, 2.45) is 0 Å². The second-order valence-electron chi connectivity index (χ2n) is 3.70. The summed E-state index contributed by atoms with van der Waals surface area (Å²) in [5, 5.41) is 11.2. The lowest BCUT2D eigenvalue weighted by Gasteiger charge is -2.17. The first-order valence-corrected chi connectivity index (χ1v) is 5.86. The third kappa shape index (κ3) is 9.62. The normalized spacial score (nSPS) is 10.0. The predicted octanol–water partition coefficient (Wildman–Crippen LogP) is 0.919. The van der Waals surface area contributed by atoms with Gasteiger partial charge in [0.05, 0.1) is 0 Å². The van der Waals surface area contributed by atoms with Gasteiger partial charge in [-0.3, -0.25) is 4.79 Å². The summed E-state index contributed by atoms with van der Waals surface area (Å²) < 4.78 is 5.14. The monoisotopic (exact) mass is 246 g/mol. The van der Waals surface area contributed by atoms with Gasteiger partial charge in [0.2, 0.25) is 0 Å². The molecular formula is C11H22N2O4. The fraction of sp³-hybridized carbons (Fsp3) is 0.818. The maximum Gasteiger partial charge on any atom is 0.317 e. The molecule has 0 saturated heterocycles. The van der Waals surface area contributed by atoms with Gasteiger partial charge >= 0.3 is 12.0 Å². The lowest BCUT2D eigenvalue weighted by atomic mass is 10.3. The van der Waals surface area contributed by atoms with Crippen molar-refractivity contribution in [2.45, 2.75) is 26.2 Å². The molecule has 0 spiro atoms. The fourth-order valence-corrected chi connectivity index (χ4v) is 1.22.